The SMILES string of the molecule is CC(=O)OC(C)N(C(=O)CCCOc1ccc(C(C)O)c([N+](=O)[O-])c1)C1CCCCC1. The summed E-state index contributed by atoms with van der Waals surface area (Å²) in [5.41, 5.74) is 0.0115. The van der Waals surface area contributed by atoms with Crippen LogP contribution >= 0.6 is 0 Å². The molecule has 9 nitrogen and oxygen atoms in total. The van der Waals surface area contributed by atoms with Gasteiger partial charge in [-0.25, -0.2) is 0 Å². The molecule has 172 valence electrons. The van der Waals surface area contributed by atoms with Gasteiger partial charge in [-0.1, -0.05) is 19.3 Å². The molecule has 1 aliphatic rings. The van der Waals surface area contributed by atoms with E-state index < -0.39 is 23.2 Å². The molecule has 1 amide bonds. The second kappa shape index (κ2) is 11.6. The maximum absolute atomic E-state index is 12.9. The van der Waals surface area contributed by atoms with E-state index in [1.807, 2.05) is 0 Å². The van der Waals surface area contributed by atoms with E-state index in [4.69, 9.17) is 9.47 Å². The van der Waals surface area contributed by atoms with Crippen molar-refractivity contribution in [2.24, 2.45) is 0 Å². The highest BCUT2D eigenvalue weighted by molar-refractivity contribution is 5.77. The summed E-state index contributed by atoms with van der Waals surface area (Å²) in [7, 11) is 0. The van der Waals surface area contributed by atoms with E-state index in [1.165, 1.54) is 26.0 Å². The van der Waals surface area contributed by atoms with Crippen molar-refractivity contribution in [3.8, 4) is 5.75 Å². The van der Waals surface area contributed by atoms with Crippen LogP contribution in [0, 0.1) is 10.1 Å². The van der Waals surface area contributed by atoms with Gasteiger partial charge < -0.3 is 19.5 Å². The lowest BCUT2D eigenvalue weighted by Crippen LogP contribution is -2.48. The van der Waals surface area contributed by atoms with Crippen molar-refractivity contribution >= 4 is 17.6 Å². The first-order valence-electron chi connectivity index (χ1n) is 10.8. The molecule has 9 heteroatoms. The first kappa shape index (κ1) is 24.6. The Labute approximate surface area is 182 Å². The Bertz CT molecular complexity index is 775. The molecule has 1 aliphatic carbocycles. The number of nitro benzene ring substituents is 1. The zero-order valence-electron chi connectivity index (χ0n) is 18.4. The van der Waals surface area contributed by atoms with E-state index >= 15 is 0 Å². The van der Waals surface area contributed by atoms with Crippen molar-refractivity contribution in [2.75, 3.05) is 6.61 Å². The number of carbonyl (C=O) groups excluding carboxylic acids is 2. The number of aliphatic hydroxyl groups excluding tert-OH is 1. The third-order valence-corrected chi connectivity index (χ3v) is 5.44. The molecule has 2 unspecified atom stereocenters. The van der Waals surface area contributed by atoms with Crippen LogP contribution in [0.3, 0.4) is 0 Å². The monoisotopic (exact) mass is 436 g/mol. The minimum Gasteiger partial charge on any atom is -0.493 e. The summed E-state index contributed by atoms with van der Waals surface area (Å²) in [6.45, 7) is 4.71. The number of benzene rings is 1. The van der Waals surface area contributed by atoms with Crippen LogP contribution in [0.25, 0.3) is 0 Å². The van der Waals surface area contributed by atoms with Crippen LogP contribution in [0.2, 0.25) is 0 Å². The maximum Gasteiger partial charge on any atom is 0.304 e. The molecule has 1 aromatic rings. The fraction of sp³-hybridized carbons (Fsp3) is 0.636. The van der Waals surface area contributed by atoms with E-state index in [-0.39, 0.29) is 36.2 Å². The highest BCUT2D eigenvalue weighted by Gasteiger charge is 2.30. The van der Waals surface area contributed by atoms with Gasteiger partial charge in [-0.2, -0.15) is 0 Å². The number of nitro groups is 1. The van der Waals surface area contributed by atoms with Crippen LogP contribution in [0.15, 0.2) is 18.2 Å². The Morgan fingerprint density at radius 1 is 1.26 bits per heavy atom. The lowest BCUT2D eigenvalue weighted by atomic mass is 9.93. The fourth-order valence-electron chi connectivity index (χ4n) is 4.03. The van der Waals surface area contributed by atoms with Gasteiger partial charge in [0.15, 0.2) is 6.23 Å². The molecule has 0 spiro atoms. The van der Waals surface area contributed by atoms with Crippen molar-refractivity contribution in [1.29, 1.82) is 0 Å². The Hall–Kier alpha value is -2.68. The zero-order valence-corrected chi connectivity index (χ0v) is 18.4. The highest BCUT2D eigenvalue weighted by atomic mass is 16.6. The van der Waals surface area contributed by atoms with Gasteiger partial charge in [0.2, 0.25) is 5.91 Å². The molecule has 1 N–H and O–H groups in total. The summed E-state index contributed by atoms with van der Waals surface area (Å²) in [6, 6.07) is 4.37. The molecule has 2 rings (SSSR count). The third-order valence-electron chi connectivity index (χ3n) is 5.44. The Balaban J connectivity index is 1.94. The minimum absolute atomic E-state index is 0.0622. The summed E-state index contributed by atoms with van der Waals surface area (Å²) in [6.07, 6.45) is 4.09. The summed E-state index contributed by atoms with van der Waals surface area (Å²) >= 11 is 0. The number of rotatable bonds is 10. The molecular formula is C22H32N2O7. The predicted octanol–water partition coefficient (Wildman–Crippen LogP) is 3.88. The Morgan fingerprint density at radius 2 is 1.94 bits per heavy atom. The summed E-state index contributed by atoms with van der Waals surface area (Å²) in [5.74, 6) is -0.215. The number of aliphatic hydroxyl groups is 1. The standard InChI is InChI=1S/C22H32N2O7/c1-15(25)20-12-11-19(14-21(20)24(28)29)30-13-7-10-22(27)23(16(2)31-17(3)26)18-8-5-4-6-9-18/h11-12,14-16,18,25H,4-10,13H2,1-3H3. The van der Waals surface area contributed by atoms with Gasteiger partial charge in [0.05, 0.1) is 29.3 Å². The minimum atomic E-state index is -0.961. The Morgan fingerprint density at radius 3 is 2.52 bits per heavy atom. The van der Waals surface area contributed by atoms with Crippen LogP contribution < -0.4 is 4.74 Å². The van der Waals surface area contributed by atoms with E-state index in [9.17, 15) is 24.8 Å². The third kappa shape index (κ3) is 7.20. The van der Waals surface area contributed by atoms with Crippen molar-refractivity contribution < 1.29 is 29.1 Å². The molecule has 0 heterocycles. The van der Waals surface area contributed by atoms with E-state index in [0.717, 1.165) is 32.1 Å². The molecule has 0 aliphatic heterocycles. The molecule has 1 aromatic carbocycles. The first-order valence-corrected chi connectivity index (χ1v) is 10.8. The highest BCUT2D eigenvalue weighted by Crippen LogP contribution is 2.29. The number of esters is 1. The van der Waals surface area contributed by atoms with Crippen LogP contribution in [-0.4, -0.2) is 45.7 Å². The first-order chi connectivity index (χ1) is 14.7. The second-order valence-corrected chi connectivity index (χ2v) is 7.91. The normalized spacial score (nSPS) is 16.3. The quantitative estimate of drug-likeness (QED) is 0.194. The van der Waals surface area contributed by atoms with E-state index in [0.29, 0.717) is 12.2 Å². The van der Waals surface area contributed by atoms with Gasteiger partial charge in [0.1, 0.15) is 5.75 Å². The number of amides is 1. The van der Waals surface area contributed by atoms with Gasteiger partial charge in [0, 0.05) is 19.4 Å². The van der Waals surface area contributed by atoms with Crippen molar-refractivity contribution in [1.82, 2.24) is 4.90 Å². The second-order valence-electron chi connectivity index (χ2n) is 7.91. The van der Waals surface area contributed by atoms with Crippen LogP contribution in [0.4, 0.5) is 5.69 Å². The van der Waals surface area contributed by atoms with Crippen LogP contribution in [-0.2, 0) is 14.3 Å². The average Bonchev–Trinajstić information content (AvgIpc) is 2.71. The summed E-state index contributed by atoms with van der Waals surface area (Å²) in [5, 5.41) is 20.9. The van der Waals surface area contributed by atoms with Crippen LogP contribution in [0.1, 0.15) is 77.4 Å². The maximum atomic E-state index is 12.9. The topological polar surface area (TPSA) is 119 Å². The van der Waals surface area contributed by atoms with E-state index in [2.05, 4.69) is 0 Å². The van der Waals surface area contributed by atoms with Gasteiger partial charge in [-0.3, -0.25) is 19.7 Å². The molecule has 0 bridgehead atoms. The van der Waals surface area contributed by atoms with Crippen molar-refractivity contribution in [2.45, 2.75) is 84.1 Å². The van der Waals surface area contributed by atoms with Crippen molar-refractivity contribution in [3.63, 3.8) is 0 Å². The molecule has 0 aromatic heterocycles. The summed E-state index contributed by atoms with van der Waals surface area (Å²) < 4.78 is 10.9. The molecule has 0 radical (unpaired) electrons. The van der Waals surface area contributed by atoms with Gasteiger partial charge in [-0.05, 0) is 45.2 Å². The van der Waals surface area contributed by atoms with Gasteiger partial charge in [-0.15, -0.1) is 0 Å². The van der Waals surface area contributed by atoms with Crippen molar-refractivity contribution in [3.05, 3.63) is 33.9 Å². The lowest BCUT2D eigenvalue weighted by molar-refractivity contribution is -0.386. The Kier molecular flexibility index (Phi) is 9.23. The zero-order chi connectivity index (χ0) is 23.0. The van der Waals surface area contributed by atoms with Crippen LogP contribution in [0.5, 0.6) is 5.75 Å². The van der Waals surface area contributed by atoms with Gasteiger partial charge in [0.25, 0.3) is 5.69 Å². The number of hydrogen-bond acceptors (Lipinski definition) is 7. The molecule has 0 saturated heterocycles. The predicted molar refractivity (Wildman–Crippen MR) is 113 cm³/mol. The number of nitrogens with zero attached hydrogens (tertiary/aromatic N) is 2. The average molecular weight is 437 g/mol. The molecule has 1 saturated carbocycles. The molecular weight excluding hydrogens is 404 g/mol. The number of hydrogen-bond donors (Lipinski definition) is 1. The summed E-state index contributed by atoms with van der Waals surface area (Å²) in [4.78, 5) is 36.6. The molecule has 31 heavy (non-hydrogen) atoms. The number of carbonyl (C=O) groups is 2. The lowest BCUT2D eigenvalue weighted by Gasteiger charge is -2.38. The molecule has 2 atom stereocenters. The largest absolute Gasteiger partial charge is 0.493 e. The fourth-order valence-corrected chi connectivity index (χ4v) is 4.03. The number of ether oxygens (including phenoxy) is 2. The molecule has 1 fully saturated rings. The van der Waals surface area contributed by atoms with E-state index in [1.54, 1.807) is 17.9 Å². The smallest absolute Gasteiger partial charge is 0.304 e. The van der Waals surface area contributed by atoms with Gasteiger partial charge >= 0.3 is 5.97 Å².